The number of nitrogens with zero attached hydrogens (tertiary/aromatic N) is 1. The van der Waals surface area contributed by atoms with Crippen molar-refractivity contribution in [1.82, 2.24) is 4.98 Å². The van der Waals surface area contributed by atoms with Gasteiger partial charge in [0.1, 0.15) is 9.84 Å². The van der Waals surface area contributed by atoms with E-state index in [0.717, 1.165) is 17.2 Å². The molecule has 90 valence electrons. The average Bonchev–Trinajstić information content (AvgIpc) is 2.26. The van der Waals surface area contributed by atoms with E-state index in [1.165, 1.54) is 0 Å². The third-order valence-corrected chi connectivity index (χ3v) is 3.42. The molecule has 1 aromatic carbocycles. The van der Waals surface area contributed by atoms with Crippen molar-refractivity contribution < 1.29 is 13.5 Å². The highest BCUT2D eigenvalue weighted by Crippen LogP contribution is 2.23. The minimum Gasteiger partial charge on any atom is -0.387 e. The molecule has 0 amide bonds. The third-order valence-electron chi connectivity index (χ3n) is 2.50. The summed E-state index contributed by atoms with van der Waals surface area (Å²) in [5.74, 6) is -0.277. The molecule has 0 bridgehead atoms. The summed E-state index contributed by atoms with van der Waals surface area (Å²) in [4.78, 5) is 4.16. The van der Waals surface area contributed by atoms with E-state index >= 15 is 0 Å². The molecule has 4 nitrogen and oxygen atoms in total. The van der Waals surface area contributed by atoms with Crippen LogP contribution in [-0.2, 0) is 9.84 Å². The molecule has 0 spiro atoms. The number of benzene rings is 1. The fourth-order valence-corrected chi connectivity index (χ4v) is 2.55. The van der Waals surface area contributed by atoms with Crippen LogP contribution in [0.25, 0.3) is 10.9 Å². The molecule has 1 heterocycles. The van der Waals surface area contributed by atoms with Gasteiger partial charge in [-0.1, -0.05) is 18.2 Å². The van der Waals surface area contributed by atoms with Crippen LogP contribution in [0.15, 0.2) is 36.5 Å². The van der Waals surface area contributed by atoms with Gasteiger partial charge in [0.25, 0.3) is 0 Å². The number of aromatic nitrogens is 1. The molecule has 0 radical (unpaired) electrons. The highest BCUT2D eigenvalue weighted by atomic mass is 32.2. The number of sulfone groups is 1. The summed E-state index contributed by atoms with van der Waals surface area (Å²) in [6.07, 6.45) is 1.76. The molecule has 2 aromatic rings. The Hall–Kier alpha value is -1.46. The molecule has 0 saturated heterocycles. The maximum Gasteiger partial charge on any atom is 0.150 e. The molecule has 1 atom stereocenters. The van der Waals surface area contributed by atoms with Crippen LogP contribution in [0.4, 0.5) is 0 Å². The first-order chi connectivity index (χ1) is 7.97. The van der Waals surface area contributed by atoms with Crippen LogP contribution in [0.2, 0.25) is 0 Å². The maximum absolute atomic E-state index is 11.2. The number of aliphatic hydroxyl groups is 1. The van der Waals surface area contributed by atoms with E-state index in [-0.39, 0.29) is 5.75 Å². The van der Waals surface area contributed by atoms with E-state index < -0.39 is 15.9 Å². The van der Waals surface area contributed by atoms with Gasteiger partial charge in [-0.3, -0.25) is 4.98 Å². The van der Waals surface area contributed by atoms with Crippen LogP contribution in [0.1, 0.15) is 11.7 Å². The number of hydrogen-bond acceptors (Lipinski definition) is 4. The fourth-order valence-electron chi connectivity index (χ4n) is 1.79. The van der Waals surface area contributed by atoms with Crippen LogP contribution in [0.5, 0.6) is 0 Å². The Morgan fingerprint density at radius 2 is 2.06 bits per heavy atom. The summed E-state index contributed by atoms with van der Waals surface area (Å²) in [7, 11) is -3.21. The second kappa shape index (κ2) is 4.43. The predicted octanol–water partition coefficient (Wildman–Crippen LogP) is 1.31. The van der Waals surface area contributed by atoms with Crippen molar-refractivity contribution in [2.24, 2.45) is 0 Å². The maximum atomic E-state index is 11.2. The summed E-state index contributed by atoms with van der Waals surface area (Å²) in [5, 5.41) is 10.7. The average molecular weight is 251 g/mol. The zero-order chi connectivity index (χ0) is 12.5. The highest BCUT2D eigenvalue weighted by Gasteiger charge is 2.16. The molecule has 2 rings (SSSR count). The summed E-state index contributed by atoms with van der Waals surface area (Å²) >= 11 is 0. The Labute approximate surface area is 99.8 Å². The summed E-state index contributed by atoms with van der Waals surface area (Å²) in [6.45, 7) is 0. The Morgan fingerprint density at radius 3 is 2.76 bits per heavy atom. The molecule has 0 aliphatic heterocycles. The molecule has 5 heteroatoms. The van der Waals surface area contributed by atoms with Crippen molar-refractivity contribution in [3.8, 4) is 0 Å². The lowest BCUT2D eigenvalue weighted by Crippen LogP contribution is -2.13. The Bertz CT molecular complexity index is 632. The van der Waals surface area contributed by atoms with E-state index in [1.807, 2.05) is 12.1 Å². The van der Waals surface area contributed by atoms with Crippen molar-refractivity contribution in [1.29, 1.82) is 0 Å². The predicted molar refractivity (Wildman–Crippen MR) is 66.4 cm³/mol. The molecular weight excluding hydrogens is 238 g/mol. The molecule has 0 saturated carbocycles. The van der Waals surface area contributed by atoms with Gasteiger partial charge in [0.05, 0.1) is 17.4 Å². The first-order valence-electron chi connectivity index (χ1n) is 5.17. The van der Waals surface area contributed by atoms with Crippen LogP contribution in [0, 0.1) is 0 Å². The lowest BCUT2D eigenvalue weighted by molar-refractivity contribution is 0.203. The van der Waals surface area contributed by atoms with E-state index in [2.05, 4.69) is 4.98 Å². The molecule has 1 unspecified atom stereocenters. The summed E-state index contributed by atoms with van der Waals surface area (Å²) in [5.41, 5.74) is 1.35. The van der Waals surface area contributed by atoms with Gasteiger partial charge in [0.15, 0.2) is 0 Å². The third kappa shape index (κ3) is 2.81. The van der Waals surface area contributed by atoms with E-state index in [1.54, 1.807) is 24.4 Å². The smallest absolute Gasteiger partial charge is 0.150 e. The largest absolute Gasteiger partial charge is 0.387 e. The van der Waals surface area contributed by atoms with Crippen LogP contribution in [-0.4, -0.2) is 30.5 Å². The standard InChI is InChI=1S/C12H13NO3S/c1-17(15,16)8-12(14)10-4-2-6-11-9(10)5-3-7-13-11/h2-7,12,14H,8H2,1H3. The van der Waals surface area contributed by atoms with Gasteiger partial charge < -0.3 is 5.11 Å². The summed E-state index contributed by atoms with van der Waals surface area (Å²) < 4.78 is 22.4. The Kier molecular flexibility index (Phi) is 3.13. The van der Waals surface area contributed by atoms with Gasteiger partial charge in [0, 0.05) is 17.8 Å². The topological polar surface area (TPSA) is 67.3 Å². The zero-order valence-electron chi connectivity index (χ0n) is 9.37. The van der Waals surface area contributed by atoms with Crippen molar-refractivity contribution in [3.05, 3.63) is 42.1 Å². The molecule has 1 aromatic heterocycles. The van der Waals surface area contributed by atoms with Gasteiger partial charge in [-0.25, -0.2) is 8.42 Å². The van der Waals surface area contributed by atoms with Crippen molar-refractivity contribution in [3.63, 3.8) is 0 Å². The molecule has 0 aliphatic carbocycles. The fraction of sp³-hybridized carbons (Fsp3) is 0.250. The number of rotatable bonds is 3. The van der Waals surface area contributed by atoms with E-state index in [0.29, 0.717) is 5.56 Å². The Morgan fingerprint density at radius 1 is 1.29 bits per heavy atom. The van der Waals surface area contributed by atoms with Crippen molar-refractivity contribution in [2.75, 3.05) is 12.0 Å². The summed E-state index contributed by atoms with van der Waals surface area (Å²) in [6, 6.07) is 8.89. The monoisotopic (exact) mass is 251 g/mol. The van der Waals surface area contributed by atoms with Gasteiger partial charge in [-0.15, -0.1) is 0 Å². The quantitative estimate of drug-likeness (QED) is 0.893. The molecular formula is C12H13NO3S. The van der Waals surface area contributed by atoms with Crippen molar-refractivity contribution >= 4 is 20.7 Å². The number of aliphatic hydroxyl groups excluding tert-OH is 1. The first kappa shape index (κ1) is 12.0. The van der Waals surface area contributed by atoms with E-state index in [4.69, 9.17) is 0 Å². The number of fused-ring (bicyclic) bond motifs is 1. The number of pyridine rings is 1. The second-order valence-corrected chi connectivity index (χ2v) is 6.21. The Balaban J connectivity index is 2.48. The van der Waals surface area contributed by atoms with Gasteiger partial charge in [-0.2, -0.15) is 0 Å². The lowest BCUT2D eigenvalue weighted by Gasteiger charge is -2.12. The van der Waals surface area contributed by atoms with Crippen LogP contribution < -0.4 is 0 Å². The molecule has 17 heavy (non-hydrogen) atoms. The van der Waals surface area contributed by atoms with Crippen molar-refractivity contribution in [2.45, 2.75) is 6.10 Å². The minimum absolute atomic E-state index is 0.277. The normalized spacial score (nSPS) is 13.8. The van der Waals surface area contributed by atoms with Gasteiger partial charge in [0.2, 0.25) is 0 Å². The molecule has 0 aliphatic rings. The molecule has 1 N–H and O–H groups in total. The van der Waals surface area contributed by atoms with Crippen LogP contribution in [0.3, 0.4) is 0 Å². The van der Waals surface area contributed by atoms with Gasteiger partial charge in [-0.05, 0) is 17.7 Å². The zero-order valence-corrected chi connectivity index (χ0v) is 10.2. The molecule has 0 fully saturated rings. The highest BCUT2D eigenvalue weighted by molar-refractivity contribution is 7.90. The minimum atomic E-state index is -3.21. The van der Waals surface area contributed by atoms with Gasteiger partial charge >= 0.3 is 0 Å². The van der Waals surface area contributed by atoms with Crippen LogP contribution >= 0.6 is 0 Å². The van der Waals surface area contributed by atoms with E-state index in [9.17, 15) is 13.5 Å². The lowest BCUT2D eigenvalue weighted by atomic mass is 10.0. The number of hydrogen-bond donors (Lipinski definition) is 1. The SMILES string of the molecule is CS(=O)(=O)CC(O)c1cccc2ncccc12. The second-order valence-electron chi connectivity index (χ2n) is 4.03. The first-order valence-corrected chi connectivity index (χ1v) is 7.23.